The Balaban J connectivity index is 1.63. The van der Waals surface area contributed by atoms with Gasteiger partial charge in [-0.1, -0.05) is 60.7 Å². The van der Waals surface area contributed by atoms with Gasteiger partial charge in [-0.15, -0.1) is 0 Å². The van der Waals surface area contributed by atoms with Gasteiger partial charge in [0.1, 0.15) is 5.69 Å². The lowest BCUT2D eigenvalue weighted by molar-refractivity contribution is -0.125. The molecule has 26 heavy (non-hydrogen) atoms. The molecule has 1 heterocycles. The van der Waals surface area contributed by atoms with E-state index in [9.17, 15) is 9.59 Å². The molecule has 0 aliphatic rings. The molecule has 0 radical (unpaired) electrons. The van der Waals surface area contributed by atoms with Gasteiger partial charge in [0, 0.05) is 6.20 Å². The summed E-state index contributed by atoms with van der Waals surface area (Å²) >= 11 is 0. The summed E-state index contributed by atoms with van der Waals surface area (Å²) in [4.78, 5) is 26.9. The Morgan fingerprint density at radius 2 is 1.62 bits per heavy atom. The predicted octanol–water partition coefficient (Wildman–Crippen LogP) is 3.27. The number of hydrogen-bond donors (Lipinski definition) is 2. The summed E-state index contributed by atoms with van der Waals surface area (Å²) in [5, 5.41) is 2.96. The predicted molar refractivity (Wildman–Crippen MR) is 98.5 cm³/mol. The van der Waals surface area contributed by atoms with E-state index in [-0.39, 0.29) is 18.6 Å². The number of esters is 1. The first-order chi connectivity index (χ1) is 12.7. The van der Waals surface area contributed by atoms with Gasteiger partial charge in [0.15, 0.2) is 6.61 Å². The smallest absolute Gasteiger partial charge is 0.355 e. The van der Waals surface area contributed by atoms with E-state index in [1.54, 1.807) is 18.3 Å². The monoisotopic (exact) mass is 348 g/mol. The molecule has 5 nitrogen and oxygen atoms in total. The number of aromatic amines is 1. The van der Waals surface area contributed by atoms with Crippen molar-refractivity contribution >= 4 is 11.9 Å². The van der Waals surface area contributed by atoms with Crippen LogP contribution in [0.2, 0.25) is 0 Å². The molecule has 1 amide bonds. The van der Waals surface area contributed by atoms with Crippen LogP contribution in [0.15, 0.2) is 79.0 Å². The number of carbonyl (C=O) groups is 2. The highest BCUT2D eigenvalue weighted by molar-refractivity contribution is 5.89. The summed E-state index contributed by atoms with van der Waals surface area (Å²) < 4.78 is 5.05. The van der Waals surface area contributed by atoms with E-state index in [0.717, 1.165) is 11.1 Å². The van der Waals surface area contributed by atoms with Crippen molar-refractivity contribution in [3.8, 4) is 0 Å². The number of rotatable bonds is 7. The maximum Gasteiger partial charge on any atom is 0.355 e. The molecule has 5 heteroatoms. The quantitative estimate of drug-likeness (QED) is 0.644. The Kier molecular flexibility index (Phi) is 5.83. The first-order valence-electron chi connectivity index (χ1n) is 8.41. The van der Waals surface area contributed by atoms with Crippen LogP contribution in [0, 0.1) is 0 Å². The van der Waals surface area contributed by atoms with Crippen LogP contribution in [-0.2, 0) is 16.0 Å². The largest absolute Gasteiger partial charge is 0.451 e. The molecule has 1 atom stereocenters. The average molecular weight is 348 g/mol. The number of ether oxygens (including phenoxy) is 1. The van der Waals surface area contributed by atoms with Gasteiger partial charge in [0.25, 0.3) is 5.91 Å². The van der Waals surface area contributed by atoms with Gasteiger partial charge in [0.05, 0.1) is 6.04 Å². The molecule has 0 saturated heterocycles. The minimum absolute atomic E-state index is 0.199. The number of amides is 1. The van der Waals surface area contributed by atoms with Crippen molar-refractivity contribution in [2.24, 2.45) is 0 Å². The summed E-state index contributed by atoms with van der Waals surface area (Å²) in [6.07, 6.45) is 2.28. The number of benzene rings is 2. The fourth-order valence-corrected chi connectivity index (χ4v) is 2.69. The Morgan fingerprint density at radius 1 is 0.923 bits per heavy atom. The summed E-state index contributed by atoms with van der Waals surface area (Å²) in [6, 6.07) is 22.8. The van der Waals surface area contributed by atoms with Gasteiger partial charge in [-0.3, -0.25) is 4.79 Å². The molecule has 0 spiro atoms. The van der Waals surface area contributed by atoms with E-state index < -0.39 is 5.97 Å². The fourth-order valence-electron chi connectivity index (χ4n) is 2.69. The molecule has 0 fully saturated rings. The standard InChI is InChI=1S/C21H20N2O3/c24-20(15-26-21(25)18-12-7-13-22-18)23-19(17-10-5-2-6-11-17)14-16-8-3-1-4-9-16/h1-13,19,22H,14-15H2,(H,23,24)/t19-/m0/s1. The zero-order valence-corrected chi connectivity index (χ0v) is 14.2. The maximum atomic E-state index is 12.3. The van der Waals surface area contributed by atoms with E-state index in [1.807, 2.05) is 60.7 Å². The molecule has 0 aliphatic carbocycles. The minimum Gasteiger partial charge on any atom is -0.451 e. The van der Waals surface area contributed by atoms with Gasteiger partial charge < -0.3 is 15.0 Å². The number of nitrogens with one attached hydrogen (secondary N) is 2. The second kappa shape index (κ2) is 8.67. The van der Waals surface area contributed by atoms with Crippen molar-refractivity contribution in [3.05, 3.63) is 95.8 Å². The lowest BCUT2D eigenvalue weighted by Crippen LogP contribution is -2.33. The van der Waals surface area contributed by atoms with Crippen molar-refractivity contribution < 1.29 is 14.3 Å². The molecule has 2 aromatic carbocycles. The molecular weight excluding hydrogens is 328 g/mol. The number of H-pyrrole nitrogens is 1. The van der Waals surface area contributed by atoms with Crippen LogP contribution in [0.4, 0.5) is 0 Å². The maximum absolute atomic E-state index is 12.3. The van der Waals surface area contributed by atoms with E-state index in [0.29, 0.717) is 12.1 Å². The van der Waals surface area contributed by atoms with E-state index in [4.69, 9.17) is 4.74 Å². The van der Waals surface area contributed by atoms with Crippen LogP contribution in [0.5, 0.6) is 0 Å². The Labute approximate surface area is 152 Å². The zero-order chi connectivity index (χ0) is 18.2. The van der Waals surface area contributed by atoms with E-state index in [2.05, 4.69) is 10.3 Å². The van der Waals surface area contributed by atoms with Gasteiger partial charge >= 0.3 is 5.97 Å². The second-order valence-electron chi connectivity index (χ2n) is 5.88. The molecule has 0 aliphatic heterocycles. The Morgan fingerprint density at radius 3 is 2.27 bits per heavy atom. The Bertz CT molecular complexity index is 830. The van der Waals surface area contributed by atoms with E-state index in [1.165, 1.54) is 0 Å². The van der Waals surface area contributed by atoms with E-state index >= 15 is 0 Å². The summed E-state index contributed by atoms with van der Waals surface area (Å²) in [5.74, 6) is -0.890. The summed E-state index contributed by atoms with van der Waals surface area (Å²) in [7, 11) is 0. The summed E-state index contributed by atoms with van der Waals surface area (Å²) in [6.45, 7) is -0.323. The number of hydrogen-bond acceptors (Lipinski definition) is 3. The van der Waals surface area contributed by atoms with Crippen molar-refractivity contribution in [2.75, 3.05) is 6.61 Å². The molecular formula is C21H20N2O3. The number of carbonyl (C=O) groups excluding carboxylic acids is 2. The van der Waals surface area contributed by atoms with Gasteiger partial charge in [-0.05, 0) is 29.7 Å². The first-order valence-corrected chi connectivity index (χ1v) is 8.41. The fraction of sp³-hybridized carbons (Fsp3) is 0.143. The van der Waals surface area contributed by atoms with Crippen LogP contribution in [0.1, 0.15) is 27.7 Å². The molecule has 0 unspecified atom stereocenters. The first kappa shape index (κ1) is 17.5. The van der Waals surface area contributed by atoms with Crippen molar-refractivity contribution in [3.63, 3.8) is 0 Å². The van der Waals surface area contributed by atoms with Crippen LogP contribution < -0.4 is 5.32 Å². The topological polar surface area (TPSA) is 71.2 Å². The highest BCUT2D eigenvalue weighted by Gasteiger charge is 2.17. The molecule has 132 valence electrons. The number of aromatic nitrogens is 1. The summed E-state index contributed by atoms with van der Waals surface area (Å²) in [5.41, 5.74) is 2.44. The Hall–Kier alpha value is -3.34. The zero-order valence-electron chi connectivity index (χ0n) is 14.2. The second-order valence-corrected chi connectivity index (χ2v) is 5.88. The lowest BCUT2D eigenvalue weighted by Gasteiger charge is -2.19. The third-order valence-corrected chi connectivity index (χ3v) is 3.97. The van der Waals surface area contributed by atoms with Crippen LogP contribution >= 0.6 is 0 Å². The van der Waals surface area contributed by atoms with Crippen LogP contribution in [-0.4, -0.2) is 23.5 Å². The third-order valence-electron chi connectivity index (χ3n) is 3.97. The van der Waals surface area contributed by atoms with Crippen LogP contribution in [0.25, 0.3) is 0 Å². The third kappa shape index (κ3) is 4.83. The van der Waals surface area contributed by atoms with Gasteiger partial charge in [-0.2, -0.15) is 0 Å². The molecule has 0 saturated carbocycles. The molecule has 2 N–H and O–H groups in total. The lowest BCUT2D eigenvalue weighted by atomic mass is 9.99. The SMILES string of the molecule is O=C(COC(=O)c1ccc[nH]1)N[C@@H](Cc1ccccc1)c1ccccc1. The molecule has 0 bridgehead atoms. The highest BCUT2D eigenvalue weighted by Crippen LogP contribution is 2.18. The average Bonchev–Trinajstić information content (AvgIpc) is 3.22. The van der Waals surface area contributed by atoms with Crippen molar-refractivity contribution in [2.45, 2.75) is 12.5 Å². The molecule has 1 aromatic heterocycles. The highest BCUT2D eigenvalue weighted by atomic mass is 16.5. The minimum atomic E-state index is -0.551. The van der Waals surface area contributed by atoms with Crippen molar-refractivity contribution in [1.82, 2.24) is 10.3 Å². The van der Waals surface area contributed by atoms with Gasteiger partial charge in [0.2, 0.25) is 0 Å². The van der Waals surface area contributed by atoms with Crippen molar-refractivity contribution in [1.29, 1.82) is 0 Å². The molecule has 3 aromatic rings. The molecule has 3 rings (SSSR count). The van der Waals surface area contributed by atoms with Gasteiger partial charge in [-0.25, -0.2) is 4.79 Å². The van der Waals surface area contributed by atoms with Crippen LogP contribution in [0.3, 0.4) is 0 Å². The normalized spacial score (nSPS) is 11.5.